The number of nitrogens with zero attached hydrogens (tertiary/aromatic N) is 1. The molecule has 0 unspecified atom stereocenters. The number of rotatable bonds is 8. The number of unbranched alkanes of at least 4 members (excludes halogenated alkanes) is 2. The minimum absolute atomic E-state index is 0.112. The van der Waals surface area contributed by atoms with Crippen LogP contribution in [-0.2, 0) is 24.1 Å². The van der Waals surface area contributed by atoms with Gasteiger partial charge in [0.15, 0.2) is 0 Å². The highest BCUT2D eigenvalue weighted by Gasteiger charge is 2.72. The van der Waals surface area contributed by atoms with Gasteiger partial charge in [-0.05, 0) is 47.2 Å². The Balaban J connectivity index is 1.16. The molecule has 39 heavy (non-hydrogen) atoms. The molecule has 1 aliphatic heterocycles. The van der Waals surface area contributed by atoms with Gasteiger partial charge in [-0.25, -0.2) is 0 Å². The van der Waals surface area contributed by atoms with Gasteiger partial charge in [-0.1, -0.05) is 67.1 Å². The van der Waals surface area contributed by atoms with Crippen molar-refractivity contribution in [1.82, 2.24) is 4.90 Å². The van der Waals surface area contributed by atoms with Crippen LogP contribution in [0.3, 0.4) is 0 Å². The molecule has 2 bridgehead atoms. The number of hydrogen-bond donors (Lipinski definition) is 1. The van der Waals surface area contributed by atoms with E-state index in [0.717, 1.165) is 22.3 Å². The number of amides is 3. The van der Waals surface area contributed by atoms with E-state index in [2.05, 4.69) is 5.32 Å². The maximum absolute atomic E-state index is 13.8. The highest BCUT2D eigenvalue weighted by molar-refractivity contribution is 6.36. The van der Waals surface area contributed by atoms with Gasteiger partial charge in [0.05, 0.1) is 24.6 Å². The summed E-state index contributed by atoms with van der Waals surface area (Å²) in [6.45, 7) is 0.269. The quantitative estimate of drug-likeness (QED) is 0.214. The number of alkyl halides is 2. The van der Waals surface area contributed by atoms with E-state index in [1.807, 2.05) is 60.7 Å². The number of likely N-dealkylation sites (tertiary alicyclic amines) is 1. The predicted octanol–water partition coefficient (Wildman–Crippen LogP) is 5.79. The predicted molar refractivity (Wildman–Crippen MR) is 150 cm³/mol. The minimum atomic E-state index is -1.16. The van der Waals surface area contributed by atoms with Gasteiger partial charge >= 0.3 is 0 Å². The Kier molecular flexibility index (Phi) is 6.43. The molecule has 0 spiro atoms. The Morgan fingerprint density at radius 3 is 1.79 bits per heavy atom. The monoisotopic (exact) mass is 562 g/mol. The molecular weight excluding hydrogens is 535 g/mol. The third-order valence-corrected chi connectivity index (χ3v) is 9.63. The van der Waals surface area contributed by atoms with Gasteiger partial charge in [0.2, 0.25) is 17.7 Å². The first-order chi connectivity index (χ1) is 18.8. The molecule has 0 radical (unpaired) electrons. The fourth-order valence-electron chi connectivity index (χ4n) is 6.64. The van der Waals surface area contributed by atoms with E-state index in [4.69, 9.17) is 27.9 Å². The van der Waals surface area contributed by atoms with Crippen molar-refractivity contribution in [3.05, 3.63) is 95.1 Å². The van der Waals surface area contributed by atoms with Crippen LogP contribution in [0.15, 0.2) is 72.8 Å². The van der Waals surface area contributed by atoms with Crippen molar-refractivity contribution in [2.75, 3.05) is 19.0 Å². The fraction of sp³-hybridized carbons (Fsp3) is 0.323. The lowest BCUT2D eigenvalue weighted by Crippen LogP contribution is -2.57. The Bertz CT molecular complexity index is 1370. The zero-order valence-corrected chi connectivity index (χ0v) is 23.0. The molecule has 2 atom stereocenters. The molecule has 3 amide bonds. The van der Waals surface area contributed by atoms with E-state index in [1.165, 1.54) is 4.90 Å². The van der Waals surface area contributed by atoms with E-state index >= 15 is 0 Å². The first kappa shape index (κ1) is 25.9. The maximum Gasteiger partial charge on any atom is 0.235 e. The molecule has 3 aliphatic carbocycles. The number of methoxy groups -OCH3 is 1. The summed E-state index contributed by atoms with van der Waals surface area (Å²) >= 11 is 14.9. The summed E-state index contributed by atoms with van der Waals surface area (Å²) in [4.78, 5) is 39.1. The maximum atomic E-state index is 13.8. The lowest BCUT2D eigenvalue weighted by Gasteiger charge is -2.54. The second-order valence-corrected chi connectivity index (χ2v) is 11.5. The van der Waals surface area contributed by atoms with Gasteiger partial charge in [-0.2, -0.15) is 0 Å². The van der Waals surface area contributed by atoms with Crippen LogP contribution in [0, 0.1) is 11.8 Å². The van der Waals surface area contributed by atoms with E-state index in [0.29, 0.717) is 37.1 Å². The molecule has 4 aliphatic rings. The topological polar surface area (TPSA) is 75.7 Å². The summed E-state index contributed by atoms with van der Waals surface area (Å²) in [7, 11) is 1.56. The van der Waals surface area contributed by atoms with Crippen molar-refractivity contribution < 1.29 is 19.1 Å². The normalized spacial score (nSPS) is 26.2. The highest BCUT2D eigenvalue weighted by atomic mass is 35.5. The molecule has 1 fully saturated rings. The van der Waals surface area contributed by atoms with Crippen molar-refractivity contribution in [2.45, 2.75) is 35.4 Å². The van der Waals surface area contributed by atoms with Crippen LogP contribution in [0.1, 0.15) is 47.9 Å². The average Bonchev–Trinajstić information content (AvgIpc) is 3.22. The lowest BCUT2D eigenvalue weighted by atomic mass is 9.54. The van der Waals surface area contributed by atoms with Gasteiger partial charge in [0.1, 0.15) is 15.5 Å². The van der Waals surface area contributed by atoms with Gasteiger partial charge in [-0.15, -0.1) is 23.2 Å². The zero-order chi connectivity index (χ0) is 27.4. The number of halogens is 2. The molecule has 0 saturated carbocycles. The third kappa shape index (κ3) is 3.72. The van der Waals surface area contributed by atoms with Gasteiger partial charge in [0.25, 0.3) is 0 Å². The van der Waals surface area contributed by atoms with Crippen LogP contribution in [0.2, 0.25) is 0 Å². The molecule has 6 nitrogen and oxygen atoms in total. The van der Waals surface area contributed by atoms with E-state index < -0.39 is 21.6 Å². The number of carbonyl (C=O) groups is 3. The molecule has 8 heteroatoms. The summed E-state index contributed by atoms with van der Waals surface area (Å²) in [5.74, 6) is -1.61. The number of para-hydroxylation sites is 2. The van der Waals surface area contributed by atoms with Gasteiger partial charge in [-0.3, -0.25) is 19.3 Å². The van der Waals surface area contributed by atoms with E-state index in [1.54, 1.807) is 19.2 Å². The Hall–Kier alpha value is -3.35. The Labute approximate surface area is 237 Å². The van der Waals surface area contributed by atoms with E-state index in [9.17, 15) is 14.4 Å². The summed E-state index contributed by atoms with van der Waals surface area (Å²) in [5, 5.41) is 2.87. The largest absolute Gasteiger partial charge is 0.495 e. The van der Waals surface area contributed by atoms with Gasteiger partial charge < -0.3 is 10.1 Å². The lowest BCUT2D eigenvalue weighted by molar-refractivity contribution is -0.140. The first-order valence-corrected chi connectivity index (χ1v) is 13.9. The van der Waals surface area contributed by atoms with Crippen molar-refractivity contribution >= 4 is 46.6 Å². The number of benzene rings is 3. The second kappa shape index (κ2) is 9.68. The summed E-state index contributed by atoms with van der Waals surface area (Å²) < 4.78 is 5.28. The van der Waals surface area contributed by atoms with Crippen molar-refractivity contribution in [3.8, 4) is 5.75 Å². The molecule has 200 valence electrons. The highest BCUT2D eigenvalue weighted by Crippen LogP contribution is 2.69. The molecule has 7 rings (SSSR count). The minimum Gasteiger partial charge on any atom is -0.495 e. The van der Waals surface area contributed by atoms with Crippen LogP contribution in [0.4, 0.5) is 5.69 Å². The van der Waals surface area contributed by atoms with Crippen LogP contribution in [-0.4, -0.2) is 36.3 Å². The van der Waals surface area contributed by atoms with Crippen molar-refractivity contribution in [3.63, 3.8) is 0 Å². The van der Waals surface area contributed by atoms with E-state index in [-0.39, 0.29) is 24.3 Å². The van der Waals surface area contributed by atoms with Crippen LogP contribution in [0.25, 0.3) is 0 Å². The number of hydrogen-bond acceptors (Lipinski definition) is 4. The Morgan fingerprint density at radius 2 is 1.28 bits per heavy atom. The van der Waals surface area contributed by atoms with Gasteiger partial charge in [0, 0.05) is 13.0 Å². The number of imide groups is 1. The number of ether oxygens (including phenoxy) is 1. The number of carbonyl (C=O) groups excluding carboxylic acids is 3. The second-order valence-electron chi connectivity index (χ2n) is 10.4. The van der Waals surface area contributed by atoms with Crippen LogP contribution in [0.5, 0.6) is 5.75 Å². The van der Waals surface area contributed by atoms with Crippen LogP contribution >= 0.6 is 23.2 Å². The summed E-state index contributed by atoms with van der Waals surface area (Å²) in [5.41, 5.74) is 3.81. The zero-order valence-electron chi connectivity index (χ0n) is 21.5. The standard InChI is InChI=1S/C31H28Cl2N2O4/c1-39-24-16-9-8-15-23(24)34-25(36)17-3-2-10-18-35-28(37)26-27(29(35)38)31(33)20-12-5-4-11-19(20)30(26,32)21-13-6-7-14-22(21)31/h4-9,11-16,26-27H,2-3,10,17-18H2,1H3,(H,34,36)/t26-,27+,30?,31?. The SMILES string of the molecule is COc1ccccc1NC(=O)CCCCCN1C(=O)[C@@H]2[C@H](C1=O)C1(Cl)c3ccccc3C2(Cl)c2ccccc21. The molecule has 1 N–H and O–H groups in total. The third-order valence-electron chi connectivity index (χ3n) is 8.34. The smallest absolute Gasteiger partial charge is 0.235 e. The molecule has 3 aromatic carbocycles. The van der Waals surface area contributed by atoms with Crippen LogP contribution < -0.4 is 10.1 Å². The number of anilines is 1. The summed E-state index contributed by atoms with van der Waals surface area (Å²) in [6, 6.07) is 22.5. The summed E-state index contributed by atoms with van der Waals surface area (Å²) in [6.07, 6.45) is 2.22. The van der Waals surface area contributed by atoms with Crippen molar-refractivity contribution in [1.29, 1.82) is 0 Å². The fourth-order valence-corrected chi connectivity index (χ4v) is 7.74. The number of nitrogens with one attached hydrogen (secondary N) is 1. The Morgan fingerprint density at radius 1 is 0.795 bits per heavy atom. The molecule has 1 saturated heterocycles. The van der Waals surface area contributed by atoms with Crippen molar-refractivity contribution in [2.24, 2.45) is 11.8 Å². The molecule has 0 aromatic heterocycles. The average molecular weight is 563 g/mol. The molecule has 1 heterocycles. The molecular formula is C31H28Cl2N2O4. The first-order valence-electron chi connectivity index (χ1n) is 13.2. The molecule has 3 aromatic rings.